The van der Waals surface area contributed by atoms with Crippen molar-refractivity contribution < 1.29 is 0 Å². The number of aryl methyl sites for hydroxylation is 1. The number of nitrogens with one attached hydrogen (secondary N) is 2. The monoisotopic (exact) mass is 229 g/mol. The van der Waals surface area contributed by atoms with Crippen LogP contribution in [-0.4, -0.2) is 23.6 Å². The summed E-state index contributed by atoms with van der Waals surface area (Å²) in [4.78, 5) is 7.63. The average Bonchev–Trinajstić information content (AvgIpc) is 2.84. The van der Waals surface area contributed by atoms with Gasteiger partial charge in [0, 0.05) is 24.2 Å². The van der Waals surface area contributed by atoms with E-state index in [1.165, 1.54) is 16.8 Å². The molecule has 0 fully saturated rings. The number of imidazole rings is 1. The molecule has 90 valence electrons. The predicted molar refractivity (Wildman–Crippen MR) is 71.0 cm³/mol. The van der Waals surface area contributed by atoms with Gasteiger partial charge in [0.2, 0.25) is 0 Å². The summed E-state index contributed by atoms with van der Waals surface area (Å²) in [6.45, 7) is 3.13. The molecule has 0 radical (unpaired) electrons. The molecule has 3 nitrogen and oxygen atoms in total. The molecule has 1 aromatic heterocycles. The van der Waals surface area contributed by atoms with Crippen molar-refractivity contribution in [3.63, 3.8) is 0 Å². The van der Waals surface area contributed by atoms with Crippen LogP contribution in [0.25, 0.3) is 11.3 Å². The summed E-state index contributed by atoms with van der Waals surface area (Å²) in [6, 6.07) is 8.65. The second kappa shape index (κ2) is 5.64. The summed E-state index contributed by atoms with van der Waals surface area (Å²) >= 11 is 0. The van der Waals surface area contributed by atoms with E-state index in [2.05, 4.69) is 46.5 Å². The Hall–Kier alpha value is -1.61. The van der Waals surface area contributed by atoms with Gasteiger partial charge < -0.3 is 10.3 Å². The molecule has 2 N–H and O–H groups in total. The molecule has 0 saturated heterocycles. The summed E-state index contributed by atoms with van der Waals surface area (Å²) in [6.07, 6.45) is 3.82. The standard InChI is InChI=1S/C14H19N3/c1-3-11-4-6-12(7-5-11)14-13(8-9-15-2)16-10-17-14/h4-7,10,15H,3,8-9H2,1-2H3,(H,16,17). The van der Waals surface area contributed by atoms with Gasteiger partial charge in [-0.25, -0.2) is 4.98 Å². The third-order valence-electron chi connectivity index (χ3n) is 2.98. The molecule has 17 heavy (non-hydrogen) atoms. The summed E-state index contributed by atoms with van der Waals surface area (Å²) < 4.78 is 0. The van der Waals surface area contributed by atoms with Gasteiger partial charge in [-0.1, -0.05) is 31.2 Å². The van der Waals surface area contributed by atoms with Crippen molar-refractivity contribution in [1.29, 1.82) is 0 Å². The van der Waals surface area contributed by atoms with E-state index in [4.69, 9.17) is 0 Å². The second-order valence-corrected chi connectivity index (χ2v) is 4.13. The molecular formula is C14H19N3. The first-order chi connectivity index (χ1) is 8.35. The fraction of sp³-hybridized carbons (Fsp3) is 0.357. The maximum Gasteiger partial charge on any atom is 0.0929 e. The highest BCUT2D eigenvalue weighted by molar-refractivity contribution is 5.62. The number of rotatable bonds is 5. The third kappa shape index (κ3) is 2.74. The zero-order valence-corrected chi connectivity index (χ0v) is 10.5. The first kappa shape index (κ1) is 11.9. The number of hydrogen-bond donors (Lipinski definition) is 2. The van der Waals surface area contributed by atoms with Crippen molar-refractivity contribution in [1.82, 2.24) is 15.3 Å². The average molecular weight is 229 g/mol. The molecule has 0 atom stereocenters. The molecule has 1 aromatic carbocycles. The van der Waals surface area contributed by atoms with Crippen molar-refractivity contribution in [2.75, 3.05) is 13.6 Å². The van der Waals surface area contributed by atoms with Crippen LogP contribution in [0, 0.1) is 0 Å². The van der Waals surface area contributed by atoms with Crippen LogP contribution < -0.4 is 5.32 Å². The molecule has 0 unspecified atom stereocenters. The second-order valence-electron chi connectivity index (χ2n) is 4.13. The minimum atomic E-state index is 0.961. The third-order valence-corrected chi connectivity index (χ3v) is 2.98. The van der Waals surface area contributed by atoms with Crippen LogP contribution in [0.3, 0.4) is 0 Å². The molecule has 3 heteroatoms. The van der Waals surface area contributed by atoms with Gasteiger partial charge in [0.15, 0.2) is 0 Å². The normalized spacial score (nSPS) is 10.7. The highest BCUT2D eigenvalue weighted by atomic mass is 14.9. The number of aromatic amines is 1. The minimum Gasteiger partial charge on any atom is -0.348 e. The van der Waals surface area contributed by atoms with E-state index in [-0.39, 0.29) is 0 Å². The Balaban J connectivity index is 2.23. The largest absolute Gasteiger partial charge is 0.348 e. The van der Waals surface area contributed by atoms with Gasteiger partial charge in [0.05, 0.1) is 12.0 Å². The van der Waals surface area contributed by atoms with E-state index in [9.17, 15) is 0 Å². The molecule has 2 aromatic rings. The molecule has 0 aliphatic carbocycles. The lowest BCUT2D eigenvalue weighted by atomic mass is 10.1. The topological polar surface area (TPSA) is 40.7 Å². The van der Waals surface area contributed by atoms with Crippen LogP contribution in [0.2, 0.25) is 0 Å². The predicted octanol–water partition coefficient (Wildman–Crippen LogP) is 2.40. The van der Waals surface area contributed by atoms with Crippen LogP contribution in [0.15, 0.2) is 30.6 Å². The first-order valence-corrected chi connectivity index (χ1v) is 6.11. The highest BCUT2D eigenvalue weighted by Gasteiger charge is 2.07. The van der Waals surface area contributed by atoms with Crippen LogP contribution in [0.4, 0.5) is 0 Å². The number of aromatic nitrogens is 2. The number of nitrogens with zero attached hydrogens (tertiary/aromatic N) is 1. The number of benzene rings is 1. The molecule has 0 amide bonds. The fourth-order valence-electron chi connectivity index (χ4n) is 1.91. The summed E-state index contributed by atoms with van der Waals surface area (Å²) in [7, 11) is 1.96. The van der Waals surface area contributed by atoms with E-state index >= 15 is 0 Å². The van der Waals surface area contributed by atoms with Crippen molar-refractivity contribution >= 4 is 0 Å². The Morgan fingerprint density at radius 3 is 2.65 bits per heavy atom. The molecule has 0 aliphatic heterocycles. The van der Waals surface area contributed by atoms with Crippen molar-refractivity contribution in [2.24, 2.45) is 0 Å². The SMILES string of the molecule is CCc1ccc(-c2nc[nH]c2CCNC)cc1. The van der Waals surface area contributed by atoms with E-state index < -0.39 is 0 Å². The molecule has 0 bridgehead atoms. The van der Waals surface area contributed by atoms with Crippen molar-refractivity contribution in [3.8, 4) is 11.3 Å². The maximum atomic E-state index is 4.41. The van der Waals surface area contributed by atoms with E-state index in [0.29, 0.717) is 0 Å². The van der Waals surface area contributed by atoms with Gasteiger partial charge in [0.1, 0.15) is 0 Å². The van der Waals surface area contributed by atoms with Gasteiger partial charge in [-0.05, 0) is 19.0 Å². The molecule has 2 rings (SSSR count). The number of hydrogen-bond acceptors (Lipinski definition) is 2. The molecule has 1 heterocycles. The van der Waals surface area contributed by atoms with E-state index in [1.54, 1.807) is 6.33 Å². The fourth-order valence-corrected chi connectivity index (χ4v) is 1.91. The Labute approximate surface area is 102 Å². The Kier molecular flexibility index (Phi) is 3.94. The van der Waals surface area contributed by atoms with Gasteiger partial charge >= 0.3 is 0 Å². The Morgan fingerprint density at radius 2 is 2.00 bits per heavy atom. The number of likely N-dealkylation sites (N-methyl/N-ethyl adjacent to an activating group) is 1. The smallest absolute Gasteiger partial charge is 0.0929 e. The number of H-pyrrole nitrogens is 1. The quantitative estimate of drug-likeness (QED) is 0.826. The lowest BCUT2D eigenvalue weighted by molar-refractivity contribution is 0.781. The van der Waals surface area contributed by atoms with Crippen LogP contribution in [-0.2, 0) is 12.8 Å². The van der Waals surface area contributed by atoms with Crippen LogP contribution in [0.5, 0.6) is 0 Å². The lowest BCUT2D eigenvalue weighted by Crippen LogP contribution is -2.11. The molecule has 0 saturated carbocycles. The van der Waals surface area contributed by atoms with Crippen molar-refractivity contribution in [2.45, 2.75) is 19.8 Å². The zero-order chi connectivity index (χ0) is 12.1. The minimum absolute atomic E-state index is 0.961. The molecule has 0 spiro atoms. The Morgan fingerprint density at radius 1 is 1.24 bits per heavy atom. The van der Waals surface area contributed by atoms with Gasteiger partial charge in [-0.15, -0.1) is 0 Å². The first-order valence-electron chi connectivity index (χ1n) is 6.11. The molecule has 0 aliphatic rings. The van der Waals surface area contributed by atoms with Crippen molar-refractivity contribution in [3.05, 3.63) is 41.9 Å². The van der Waals surface area contributed by atoms with E-state index in [0.717, 1.165) is 25.1 Å². The summed E-state index contributed by atoms with van der Waals surface area (Å²) in [5.41, 5.74) is 4.82. The van der Waals surface area contributed by atoms with Crippen LogP contribution >= 0.6 is 0 Å². The summed E-state index contributed by atoms with van der Waals surface area (Å²) in [5.74, 6) is 0. The highest BCUT2D eigenvalue weighted by Crippen LogP contribution is 2.21. The van der Waals surface area contributed by atoms with Gasteiger partial charge in [0.25, 0.3) is 0 Å². The zero-order valence-electron chi connectivity index (χ0n) is 10.5. The van der Waals surface area contributed by atoms with Crippen LogP contribution in [0.1, 0.15) is 18.2 Å². The van der Waals surface area contributed by atoms with Gasteiger partial charge in [-0.3, -0.25) is 0 Å². The van der Waals surface area contributed by atoms with Gasteiger partial charge in [-0.2, -0.15) is 0 Å². The molecular weight excluding hydrogens is 210 g/mol. The Bertz CT molecular complexity index is 457. The summed E-state index contributed by atoms with van der Waals surface area (Å²) in [5, 5.41) is 3.16. The van der Waals surface area contributed by atoms with E-state index in [1.807, 2.05) is 7.05 Å². The maximum absolute atomic E-state index is 4.41. The lowest BCUT2D eigenvalue weighted by Gasteiger charge is -2.04.